The van der Waals surface area contributed by atoms with E-state index in [4.69, 9.17) is 4.74 Å². The highest BCUT2D eigenvalue weighted by atomic mass is 16.5. The molecule has 0 radical (unpaired) electrons. The van der Waals surface area contributed by atoms with Crippen molar-refractivity contribution in [3.05, 3.63) is 30.1 Å². The summed E-state index contributed by atoms with van der Waals surface area (Å²) in [5.41, 5.74) is 1.17. The van der Waals surface area contributed by atoms with Crippen molar-refractivity contribution in [3.8, 4) is 0 Å². The number of pyridine rings is 1. The Hall–Kier alpha value is -0.970. The van der Waals surface area contributed by atoms with Gasteiger partial charge in [0, 0.05) is 32.1 Å². The van der Waals surface area contributed by atoms with E-state index in [2.05, 4.69) is 17.2 Å². The molecule has 4 nitrogen and oxygen atoms in total. The molecule has 0 spiro atoms. The number of hydrogen-bond donors (Lipinski definition) is 2. The summed E-state index contributed by atoms with van der Waals surface area (Å²) in [6, 6.07) is 3.93. The average Bonchev–Trinajstić information content (AvgIpc) is 2.51. The SMILES string of the molecule is CCCCCCCCOCC(O)CNCc1ccncc1. The first-order valence-corrected chi connectivity index (χ1v) is 8.18. The van der Waals surface area contributed by atoms with Crippen LogP contribution in [0.2, 0.25) is 0 Å². The summed E-state index contributed by atoms with van der Waals surface area (Å²) >= 11 is 0. The van der Waals surface area contributed by atoms with Crippen molar-refractivity contribution < 1.29 is 9.84 Å². The number of nitrogens with one attached hydrogen (secondary N) is 1. The molecule has 21 heavy (non-hydrogen) atoms. The Kier molecular flexibility index (Phi) is 11.0. The largest absolute Gasteiger partial charge is 0.389 e. The first-order chi connectivity index (χ1) is 10.3. The third-order valence-electron chi connectivity index (χ3n) is 3.41. The fourth-order valence-electron chi connectivity index (χ4n) is 2.15. The van der Waals surface area contributed by atoms with Gasteiger partial charge in [0.25, 0.3) is 0 Å². The van der Waals surface area contributed by atoms with E-state index in [1.54, 1.807) is 12.4 Å². The smallest absolute Gasteiger partial charge is 0.0897 e. The van der Waals surface area contributed by atoms with Crippen LogP contribution in [0.25, 0.3) is 0 Å². The Balaban J connectivity index is 1.88. The summed E-state index contributed by atoms with van der Waals surface area (Å²) in [7, 11) is 0. The molecule has 0 fully saturated rings. The molecule has 4 heteroatoms. The van der Waals surface area contributed by atoms with Crippen LogP contribution < -0.4 is 5.32 Å². The monoisotopic (exact) mass is 294 g/mol. The van der Waals surface area contributed by atoms with E-state index in [9.17, 15) is 5.11 Å². The van der Waals surface area contributed by atoms with Gasteiger partial charge in [-0.25, -0.2) is 0 Å². The number of hydrogen-bond acceptors (Lipinski definition) is 4. The minimum absolute atomic E-state index is 0.415. The van der Waals surface area contributed by atoms with Crippen LogP contribution in [-0.4, -0.2) is 36.0 Å². The molecule has 0 bridgehead atoms. The van der Waals surface area contributed by atoms with E-state index in [1.165, 1.54) is 37.7 Å². The predicted molar refractivity (Wildman–Crippen MR) is 86.1 cm³/mol. The van der Waals surface area contributed by atoms with Crippen LogP contribution in [0, 0.1) is 0 Å². The second kappa shape index (κ2) is 12.7. The molecule has 0 saturated carbocycles. The predicted octanol–water partition coefficient (Wildman–Crippen LogP) is 2.91. The van der Waals surface area contributed by atoms with Crippen molar-refractivity contribution in [3.63, 3.8) is 0 Å². The van der Waals surface area contributed by atoms with Crippen LogP contribution in [0.4, 0.5) is 0 Å². The molecule has 0 aliphatic carbocycles. The second-order valence-corrected chi connectivity index (χ2v) is 5.48. The van der Waals surface area contributed by atoms with Crippen LogP contribution in [0.1, 0.15) is 51.0 Å². The maximum absolute atomic E-state index is 9.80. The zero-order valence-corrected chi connectivity index (χ0v) is 13.3. The lowest BCUT2D eigenvalue weighted by Gasteiger charge is -2.12. The lowest BCUT2D eigenvalue weighted by atomic mass is 10.1. The Morgan fingerprint density at radius 3 is 2.62 bits per heavy atom. The molecule has 1 rings (SSSR count). The molecular formula is C17H30N2O2. The lowest BCUT2D eigenvalue weighted by Crippen LogP contribution is -2.30. The average molecular weight is 294 g/mol. The minimum Gasteiger partial charge on any atom is -0.389 e. The van der Waals surface area contributed by atoms with E-state index in [0.29, 0.717) is 13.2 Å². The fourth-order valence-corrected chi connectivity index (χ4v) is 2.15. The molecule has 1 unspecified atom stereocenters. The molecule has 0 aliphatic heterocycles. The van der Waals surface area contributed by atoms with Crippen molar-refractivity contribution in [2.24, 2.45) is 0 Å². The van der Waals surface area contributed by atoms with Gasteiger partial charge < -0.3 is 15.2 Å². The normalized spacial score (nSPS) is 12.5. The van der Waals surface area contributed by atoms with E-state index in [1.807, 2.05) is 12.1 Å². The van der Waals surface area contributed by atoms with Gasteiger partial charge in [0.05, 0.1) is 12.7 Å². The lowest BCUT2D eigenvalue weighted by molar-refractivity contribution is 0.0353. The second-order valence-electron chi connectivity index (χ2n) is 5.48. The number of unbranched alkanes of at least 4 members (excludes halogenated alkanes) is 5. The number of aromatic nitrogens is 1. The third-order valence-corrected chi connectivity index (χ3v) is 3.41. The molecule has 1 atom stereocenters. The van der Waals surface area contributed by atoms with Gasteiger partial charge >= 0.3 is 0 Å². The summed E-state index contributed by atoms with van der Waals surface area (Å²) in [5.74, 6) is 0. The first kappa shape index (κ1) is 18.1. The van der Waals surface area contributed by atoms with E-state index in [0.717, 1.165) is 19.6 Å². The molecule has 1 aromatic rings. The van der Waals surface area contributed by atoms with Gasteiger partial charge in [-0.05, 0) is 24.1 Å². The van der Waals surface area contributed by atoms with Crippen molar-refractivity contribution in [1.82, 2.24) is 10.3 Å². The number of aliphatic hydroxyl groups excluding tert-OH is 1. The summed E-state index contributed by atoms with van der Waals surface area (Å²) in [6.07, 6.45) is 10.7. The quantitative estimate of drug-likeness (QED) is 0.549. The molecule has 1 heterocycles. The van der Waals surface area contributed by atoms with Gasteiger partial charge in [-0.2, -0.15) is 0 Å². The van der Waals surface area contributed by atoms with Crippen molar-refractivity contribution in [2.45, 2.75) is 58.1 Å². The van der Waals surface area contributed by atoms with Gasteiger partial charge in [0.2, 0.25) is 0 Å². The number of rotatable bonds is 13. The summed E-state index contributed by atoms with van der Waals surface area (Å²) < 4.78 is 5.50. The first-order valence-electron chi connectivity index (χ1n) is 8.18. The molecule has 0 aliphatic rings. The van der Waals surface area contributed by atoms with Crippen LogP contribution in [0.15, 0.2) is 24.5 Å². The molecule has 2 N–H and O–H groups in total. The van der Waals surface area contributed by atoms with Gasteiger partial charge in [-0.3, -0.25) is 4.98 Å². The summed E-state index contributed by atoms with van der Waals surface area (Å²) in [4.78, 5) is 3.97. The highest BCUT2D eigenvalue weighted by Gasteiger charge is 2.03. The van der Waals surface area contributed by atoms with Gasteiger partial charge in [-0.15, -0.1) is 0 Å². The van der Waals surface area contributed by atoms with Gasteiger partial charge in [-0.1, -0.05) is 39.0 Å². The third kappa shape index (κ3) is 10.4. The van der Waals surface area contributed by atoms with Crippen molar-refractivity contribution in [2.75, 3.05) is 19.8 Å². The van der Waals surface area contributed by atoms with E-state index in [-0.39, 0.29) is 0 Å². The van der Waals surface area contributed by atoms with Crippen molar-refractivity contribution >= 4 is 0 Å². The minimum atomic E-state index is -0.438. The topological polar surface area (TPSA) is 54.4 Å². The van der Waals surface area contributed by atoms with Crippen LogP contribution >= 0.6 is 0 Å². The highest BCUT2D eigenvalue weighted by molar-refractivity contribution is 5.08. The van der Waals surface area contributed by atoms with E-state index < -0.39 is 6.10 Å². The number of nitrogens with zero attached hydrogens (tertiary/aromatic N) is 1. The van der Waals surface area contributed by atoms with Gasteiger partial charge in [0.15, 0.2) is 0 Å². The van der Waals surface area contributed by atoms with Crippen LogP contribution in [-0.2, 0) is 11.3 Å². The summed E-state index contributed by atoms with van der Waals surface area (Å²) in [5, 5.41) is 13.0. The number of ether oxygens (including phenoxy) is 1. The maximum atomic E-state index is 9.80. The Bertz CT molecular complexity index is 333. The zero-order valence-electron chi connectivity index (χ0n) is 13.3. The molecule has 0 aromatic carbocycles. The number of aliphatic hydroxyl groups is 1. The molecule has 1 aromatic heterocycles. The Labute approximate surface area is 128 Å². The molecule has 0 amide bonds. The van der Waals surface area contributed by atoms with Gasteiger partial charge in [0.1, 0.15) is 0 Å². The van der Waals surface area contributed by atoms with Crippen molar-refractivity contribution in [1.29, 1.82) is 0 Å². The van der Waals surface area contributed by atoms with Crippen LogP contribution in [0.5, 0.6) is 0 Å². The standard InChI is InChI=1S/C17H30N2O2/c1-2-3-4-5-6-7-12-21-15-17(20)14-19-13-16-8-10-18-11-9-16/h8-11,17,19-20H,2-7,12-15H2,1H3. The molecular weight excluding hydrogens is 264 g/mol. The van der Waals surface area contributed by atoms with Crippen LogP contribution in [0.3, 0.4) is 0 Å². The molecule has 120 valence electrons. The Morgan fingerprint density at radius 2 is 1.86 bits per heavy atom. The zero-order chi connectivity index (χ0) is 15.2. The fraction of sp³-hybridized carbons (Fsp3) is 0.706. The highest BCUT2D eigenvalue weighted by Crippen LogP contribution is 2.05. The Morgan fingerprint density at radius 1 is 1.14 bits per heavy atom. The summed E-state index contributed by atoms with van der Waals surface area (Å²) in [6.45, 7) is 4.70. The molecule has 0 saturated heterocycles. The van der Waals surface area contributed by atoms with E-state index >= 15 is 0 Å². The maximum Gasteiger partial charge on any atom is 0.0897 e.